The Hall–Kier alpha value is -2.32. The molecule has 114 valence electrons. The molecule has 0 aliphatic heterocycles. The summed E-state index contributed by atoms with van der Waals surface area (Å²) in [7, 11) is 0. The monoisotopic (exact) mass is 386 g/mol. The van der Waals surface area contributed by atoms with Gasteiger partial charge in [-0.25, -0.2) is 4.68 Å². The molecule has 0 unspecified atom stereocenters. The topological polar surface area (TPSA) is 64.3 Å². The van der Waals surface area contributed by atoms with E-state index in [1.165, 1.54) is 0 Å². The molecule has 0 spiro atoms. The van der Waals surface area contributed by atoms with Crippen LogP contribution in [0.25, 0.3) is 16.7 Å². The molecule has 0 aliphatic carbocycles. The number of nitrogens with one attached hydrogen (secondary N) is 1. The Balaban J connectivity index is 1.79. The zero-order valence-electron chi connectivity index (χ0n) is 11.8. The molecule has 0 aliphatic rings. The molecule has 4 aromatic rings. The second kappa shape index (κ2) is 5.71. The third kappa shape index (κ3) is 2.60. The van der Waals surface area contributed by atoms with Crippen LogP contribution < -0.4 is 0 Å². The average Bonchev–Trinajstić information content (AvgIpc) is 3.13. The normalized spacial score (nSPS) is 11.2. The minimum absolute atomic E-state index is 0.476. The van der Waals surface area contributed by atoms with Gasteiger partial charge in [0, 0.05) is 10.2 Å². The number of halogens is 1. The number of para-hydroxylation sites is 1. The zero-order chi connectivity index (χ0) is 15.8. The third-order valence-electron chi connectivity index (χ3n) is 3.54. The molecule has 0 saturated carbocycles. The fourth-order valence-corrected chi connectivity index (χ4v) is 2.98. The van der Waals surface area contributed by atoms with Gasteiger partial charge in [-0.1, -0.05) is 33.3 Å². The predicted molar refractivity (Wildman–Crippen MR) is 93.1 cm³/mol. The Morgan fingerprint density at radius 1 is 1.09 bits per heavy atom. The summed E-state index contributed by atoms with van der Waals surface area (Å²) in [6.45, 7) is 0.476. The van der Waals surface area contributed by atoms with Crippen molar-refractivity contribution in [2.45, 2.75) is 6.54 Å². The van der Waals surface area contributed by atoms with Crippen LogP contribution in [0.5, 0.6) is 0 Å². The summed E-state index contributed by atoms with van der Waals surface area (Å²) >= 11 is 8.81. The van der Waals surface area contributed by atoms with Crippen LogP contribution >= 0.6 is 28.1 Å². The first-order valence-corrected chi connectivity index (χ1v) is 8.13. The van der Waals surface area contributed by atoms with Crippen molar-refractivity contribution in [3.8, 4) is 5.69 Å². The van der Waals surface area contributed by atoms with Gasteiger partial charge in [0.05, 0.1) is 5.52 Å². The summed E-state index contributed by atoms with van der Waals surface area (Å²) in [5.74, 6) is 0.771. The smallest absolute Gasteiger partial charge is 0.199 e. The van der Waals surface area contributed by atoms with E-state index >= 15 is 0 Å². The van der Waals surface area contributed by atoms with Crippen molar-refractivity contribution in [3.63, 3.8) is 0 Å². The summed E-state index contributed by atoms with van der Waals surface area (Å²) in [5, 5.41) is 15.6. The van der Waals surface area contributed by atoms with Crippen LogP contribution in [0.2, 0.25) is 0 Å². The summed E-state index contributed by atoms with van der Waals surface area (Å²) in [6, 6.07) is 15.7. The molecule has 6 nitrogen and oxygen atoms in total. The molecule has 0 fully saturated rings. The van der Waals surface area contributed by atoms with E-state index in [-0.39, 0.29) is 0 Å². The fourth-order valence-electron chi connectivity index (χ4n) is 2.46. The maximum absolute atomic E-state index is 5.37. The molecular weight excluding hydrogens is 376 g/mol. The lowest BCUT2D eigenvalue weighted by Crippen LogP contribution is -2.09. The second-order valence-corrected chi connectivity index (χ2v) is 6.29. The van der Waals surface area contributed by atoms with Crippen molar-refractivity contribution in [2.24, 2.45) is 0 Å². The van der Waals surface area contributed by atoms with Gasteiger partial charge in [-0.2, -0.15) is 5.10 Å². The largest absolute Gasteiger partial charge is 0.271 e. The van der Waals surface area contributed by atoms with Crippen molar-refractivity contribution in [1.82, 2.24) is 29.8 Å². The van der Waals surface area contributed by atoms with Crippen molar-refractivity contribution in [1.29, 1.82) is 0 Å². The van der Waals surface area contributed by atoms with Crippen molar-refractivity contribution in [2.75, 3.05) is 0 Å². The van der Waals surface area contributed by atoms with Gasteiger partial charge in [0.2, 0.25) is 0 Å². The van der Waals surface area contributed by atoms with E-state index in [0.29, 0.717) is 11.3 Å². The van der Waals surface area contributed by atoms with Crippen LogP contribution in [0.15, 0.2) is 53.0 Å². The van der Waals surface area contributed by atoms with Gasteiger partial charge in [0.1, 0.15) is 12.1 Å². The highest BCUT2D eigenvalue weighted by molar-refractivity contribution is 9.10. The Kier molecular flexibility index (Phi) is 3.55. The van der Waals surface area contributed by atoms with Crippen molar-refractivity contribution in [3.05, 3.63) is 63.6 Å². The van der Waals surface area contributed by atoms with Crippen LogP contribution in [0.1, 0.15) is 5.82 Å². The van der Waals surface area contributed by atoms with Gasteiger partial charge >= 0.3 is 0 Å². The molecule has 0 saturated heterocycles. The highest BCUT2D eigenvalue weighted by atomic mass is 79.9. The molecule has 0 bridgehead atoms. The molecule has 0 atom stereocenters. The van der Waals surface area contributed by atoms with Gasteiger partial charge in [0.15, 0.2) is 10.6 Å². The lowest BCUT2D eigenvalue weighted by molar-refractivity contribution is 0.633. The van der Waals surface area contributed by atoms with E-state index in [2.05, 4.69) is 36.4 Å². The highest BCUT2D eigenvalue weighted by Crippen LogP contribution is 2.17. The first kappa shape index (κ1) is 14.3. The predicted octanol–water partition coefficient (Wildman–Crippen LogP) is 3.49. The minimum atomic E-state index is 0.476. The number of aromatic amines is 1. The number of hydrogen-bond donors (Lipinski definition) is 1. The maximum atomic E-state index is 5.37. The quantitative estimate of drug-likeness (QED) is 0.547. The molecule has 2 aromatic carbocycles. The second-order valence-electron chi connectivity index (χ2n) is 4.99. The number of hydrogen-bond acceptors (Lipinski definition) is 4. The number of rotatable bonds is 3. The Morgan fingerprint density at radius 3 is 2.70 bits per heavy atom. The number of benzene rings is 2. The Labute approximate surface area is 144 Å². The molecule has 8 heteroatoms. The standard InChI is InChI=1S/C15H11BrN6S/c16-10-5-7-11(8-6-10)22-14(18-19-15(22)23)9-21-13-4-2-1-3-12(13)17-20-21/h1-8H,9H2,(H,19,23). The molecule has 1 N–H and O–H groups in total. The van der Waals surface area contributed by atoms with E-state index in [0.717, 1.165) is 27.0 Å². The van der Waals surface area contributed by atoms with Gasteiger partial charge < -0.3 is 0 Å². The van der Waals surface area contributed by atoms with Gasteiger partial charge in [0.25, 0.3) is 0 Å². The first-order valence-electron chi connectivity index (χ1n) is 6.93. The summed E-state index contributed by atoms with van der Waals surface area (Å²) in [4.78, 5) is 0. The summed E-state index contributed by atoms with van der Waals surface area (Å²) in [5.41, 5.74) is 2.77. The van der Waals surface area contributed by atoms with Gasteiger partial charge in [-0.3, -0.25) is 9.67 Å². The van der Waals surface area contributed by atoms with E-state index in [9.17, 15) is 0 Å². The van der Waals surface area contributed by atoms with Crippen LogP contribution in [0.3, 0.4) is 0 Å². The number of aromatic nitrogens is 6. The number of nitrogens with zero attached hydrogens (tertiary/aromatic N) is 5. The lowest BCUT2D eigenvalue weighted by Gasteiger charge is -2.07. The van der Waals surface area contributed by atoms with E-state index < -0.39 is 0 Å². The molecule has 4 rings (SSSR count). The summed E-state index contributed by atoms with van der Waals surface area (Å²) in [6.07, 6.45) is 0. The number of H-pyrrole nitrogens is 1. The fraction of sp³-hybridized carbons (Fsp3) is 0.0667. The number of fused-ring (bicyclic) bond motifs is 1. The van der Waals surface area contributed by atoms with E-state index in [4.69, 9.17) is 12.2 Å². The van der Waals surface area contributed by atoms with Crippen LogP contribution in [0.4, 0.5) is 0 Å². The Bertz CT molecular complexity index is 1030. The molecule has 23 heavy (non-hydrogen) atoms. The molecule has 0 amide bonds. The van der Waals surface area contributed by atoms with Crippen LogP contribution in [-0.4, -0.2) is 29.8 Å². The molecular formula is C15H11BrN6S. The van der Waals surface area contributed by atoms with E-state index in [1.54, 1.807) is 0 Å². The van der Waals surface area contributed by atoms with Crippen molar-refractivity contribution < 1.29 is 0 Å². The maximum Gasteiger partial charge on any atom is 0.199 e. The third-order valence-corrected chi connectivity index (χ3v) is 4.34. The first-order chi connectivity index (χ1) is 11.2. The average molecular weight is 387 g/mol. The van der Waals surface area contributed by atoms with Gasteiger partial charge in [-0.15, -0.1) is 5.10 Å². The molecule has 2 aromatic heterocycles. The highest BCUT2D eigenvalue weighted by Gasteiger charge is 2.12. The van der Waals surface area contributed by atoms with Crippen LogP contribution in [-0.2, 0) is 6.54 Å². The van der Waals surface area contributed by atoms with Gasteiger partial charge in [-0.05, 0) is 48.6 Å². The minimum Gasteiger partial charge on any atom is -0.271 e. The zero-order valence-corrected chi connectivity index (χ0v) is 14.3. The van der Waals surface area contributed by atoms with Crippen molar-refractivity contribution >= 4 is 39.2 Å². The lowest BCUT2D eigenvalue weighted by atomic mass is 10.3. The Morgan fingerprint density at radius 2 is 1.87 bits per heavy atom. The molecule has 2 heterocycles. The van der Waals surface area contributed by atoms with Crippen LogP contribution in [0, 0.1) is 4.77 Å². The molecule has 0 radical (unpaired) electrons. The van der Waals surface area contributed by atoms with E-state index in [1.807, 2.05) is 57.8 Å². The summed E-state index contributed by atoms with van der Waals surface area (Å²) < 4.78 is 5.28. The SMILES string of the molecule is S=c1[nH]nc(Cn2nnc3ccccc32)n1-c1ccc(Br)cc1.